The van der Waals surface area contributed by atoms with Crippen LogP contribution in [-0.2, 0) is 12.8 Å². The summed E-state index contributed by atoms with van der Waals surface area (Å²) >= 11 is 0. The fraction of sp³-hybridized carbons (Fsp3) is 0.278. The lowest BCUT2D eigenvalue weighted by Crippen LogP contribution is -2.02. The van der Waals surface area contributed by atoms with Gasteiger partial charge >= 0.3 is 0 Å². The molecule has 1 aliphatic rings. The summed E-state index contributed by atoms with van der Waals surface area (Å²) in [6, 6.07) is 6.86. The third kappa shape index (κ3) is 2.86. The lowest BCUT2D eigenvalue weighted by Gasteiger charge is -2.13. The Hall–Kier alpha value is -2.56. The van der Waals surface area contributed by atoms with Gasteiger partial charge in [-0.2, -0.15) is 0 Å². The Balaban J connectivity index is 1.65. The van der Waals surface area contributed by atoms with Crippen LogP contribution < -0.4 is 0 Å². The molecule has 1 aromatic carbocycles. The van der Waals surface area contributed by atoms with E-state index < -0.39 is 0 Å². The van der Waals surface area contributed by atoms with Crippen LogP contribution >= 0.6 is 0 Å². The Morgan fingerprint density at radius 1 is 1.22 bits per heavy atom. The number of hydrogen-bond donors (Lipinski definition) is 0. The molecule has 5 heteroatoms. The van der Waals surface area contributed by atoms with E-state index in [1.807, 2.05) is 6.07 Å². The number of hydrogen-bond acceptors (Lipinski definition) is 4. The van der Waals surface area contributed by atoms with Gasteiger partial charge < -0.3 is 4.42 Å². The number of rotatable bonds is 2. The van der Waals surface area contributed by atoms with Crippen LogP contribution in [0.25, 0.3) is 11.6 Å². The molecule has 4 rings (SSSR count). The van der Waals surface area contributed by atoms with Crippen molar-refractivity contribution in [2.24, 2.45) is 0 Å². The maximum Gasteiger partial charge on any atom is 0.247 e. The molecule has 1 aliphatic carbocycles. The number of aryl methyl sites for hydroxylation is 1. The molecule has 0 aliphatic heterocycles. The summed E-state index contributed by atoms with van der Waals surface area (Å²) in [6.45, 7) is 0. The van der Waals surface area contributed by atoms with Crippen LogP contribution in [0.4, 0.5) is 4.39 Å². The lowest BCUT2D eigenvalue weighted by atomic mass is 9.91. The van der Waals surface area contributed by atoms with Gasteiger partial charge in [0.05, 0.1) is 11.9 Å². The first-order chi connectivity index (χ1) is 11.3. The van der Waals surface area contributed by atoms with E-state index in [1.54, 1.807) is 30.7 Å². The predicted molar refractivity (Wildman–Crippen MR) is 83.3 cm³/mol. The second kappa shape index (κ2) is 5.91. The highest BCUT2D eigenvalue weighted by molar-refractivity contribution is 5.45. The second-order valence-electron chi connectivity index (χ2n) is 5.83. The summed E-state index contributed by atoms with van der Waals surface area (Å²) in [7, 11) is 0. The van der Waals surface area contributed by atoms with E-state index in [9.17, 15) is 4.39 Å². The Kier molecular flexibility index (Phi) is 3.61. The van der Waals surface area contributed by atoms with E-state index in [-0.39, 0.29) is 11.7 Å². The Labute approximate surface area is 133 Å². The molecule has 23 heavy (non-hydrogen) atoms. The second-order valence-corrected chi connectivity index (χ2v) is 5.83. The molecule has 3 aromatic rings. The molecule has 1 unspecified atom stereocenters. The van der Waals surface area contributed by atoms with Crippen molar-refractivity contribution in [1.29, 1.82) is 0 Å². The first kappa shape index (κ1) is 14.1. The zero-order valence-corrected chi connectivity index (χ0v) is 12.6. The van der Waals surface area contributed by atoms with Gasteiger partial charge in [0.15, 0.2) is 0 Å². The summed E-state index contributed by atoms with van der Waals surface area (Å²) in [5.74, 6) is 1.52. The van der Waals surface area contributed by atoms with Crippen molar-refractivity contribution in [3.8, 4) is 11.6 Å². The fourth-order valence-electron chi connectivity index (χ4n) is 3.15. The molecule has 116 valence electrons. The highest BCUT2D eigenvalue weighted by atomic mass is 19.1. The Morgan fingerprint density at radius 3 is 3.00 bits per heavy atom. The van der Waals surface area contributed by atoms with Crippen molar-refractivity contribution in [3.05, 3.63) is 65.7 Å². The van der Waals surface area contributed by atoms with Crippen molar-refractivity contribution >= 4 is 0 Å². The van der Waals surface area contributed by atoms with E-state index in [0.717, 1.165) is 42.7 Å². The van der Waals surface area contributed by atoms with Crippen molar-refractivity contribution in [2.75, 3.05) is 0 Å². The number of benzene rings is 1. The highest BCUT2D eigenvalue weighted by Gasteiger charge is 2.24. The molecular formula is C18H16FN3O. The highest BCUT2D eigenvalue weighted by Crippen LogP contribution is 2.33. The lowest BCUT2D eigenvalue weighted by molar-refractivity contribution is 0.504. The van der Waals surface area contributed by atoms with E-state index >= 15 is 0 Å². The van der Waals surface area contributed by atoms with E-state index in [1.165, 1.54) is 6.07 Å². The molecule has 0 bridgehead atoms. The molecule has 0 spiro atoms. The van der Waals surface area contributed by atoms with Crippen molar-refractivity contribution in [1.82, 2.24) is 15.0 Å². The zero-order chi connectivity index (χ0) is 15.6. The molecular weight excluding hydrogens is 293 g/mol. The molecule has 0 saturated carbocycles. The number of oxazole rings is 1. The molecule has 0 radical (unpaired) electrons. The van der Waals surface area contributed by atoms with Crippen LogP contribution in [0.15, 0.2) is 47.3 Å². The van der Waals surface area contributed by atoms with Crippen molar-refractivity contribution in [2.45, 2.75) is 31.6 Å². The minimum Gasteiger partial charge on any atom is -0.440 e. The molecule has 1 atom stereocenters. The van der Waals surface area contributed by atoms with Crippen LogP contribution in [0.5, 0.6) is 0 Å². The summed E-state index contributed by atoms with van der Waals surface area (Å²) in [6.07, 6.45) is 8.53. The minimum absolute atomic E-state index is 0.188. The number of halogens is 1. The van der Waals surface area contributed by atoms with Crippen molar-refractivity contribution in [3.63, 3.8) is 0 Å². The quantitative estimate of drug-likeness (QED) is 0.673. The van der Waals surface area contributed by atoms with E-state index in [2.05, 4.69) is 15.0 Å². The van der Waals surface area contributed by atoms with Gasteiger partial charge in [0.2, 0.25) is 5.89 Å². The summed E-state index contributed by atoms with van der Waals surface area (Å²) < 4.78 is 19.4. The third-order valence-electron chi connectivity index (χ3n) is 4.28. The summed E-state index contributed by atoms with van der Waals surface area (Å²) in [5.41, 5.74) is 2.63. The molecule has 0 fully saturated rings. The van der Waals surface area contributed by atoms with Gasteiger partial charge in [-0.15, -0.1) is 0 Å². The number of nitrogens with zero attached hydrogens (tertiary/aromatic N) is 3. The molecule has 4 nitrogen and oxygen atoms in total. The van der Waals surface area contributed by atoms with Gasteiger partial charge in [0.25, 0.3) is 0 Å². The van der Waals surface area contributed by atoms with Gasteiger partial charge in [-0.1, -0.05) is 12.1 Å². The van der Waals surface area contributed by atoms with Gasteiger partial charge in [0.1, 0.15) is 17.3 Å². The summed E-state index contributed by atoms with van der Waals surface area (Å²) in [4.78, 5) is 12.9. The predicted octanol–water partition coefficient (Wildman–Crippen LogP) is 3.93. The van der Waals surface area contributed by atoms with E-state index in [0.29, 0.717) is 11.6 Å². The maximum absolute atomic E-state index is 13.5. The molecule has 0 saturated heterocycles. The Bertz CT molecular complexity index is 816. The monoisotopic (exact) mass is 309 g/mol. The van der Waals surface area contributed by atoms with Gasteiger partial charge in [-0.3, -0.25) is 4.98 Å². The van der Waals surface area contributed by atoms with Gasteiger partial charge in [-0.05, 0) is 36.5 Å². The van der Waals surface area contributed by atoms with Crippen LogP contribution in [0.2, 0.25) is 0 Å². The minimum atomic E-state index is -0.188. The molecule has 0 N–H and O–H groups in total. The zero-order valence-electron chi connectivity index (χ0n) is 12.6. The summed E-state index contributed by atoms with van der Waals surface area (Å²) in [5, 5.41) is 0. The largest absolute Gasteiger partial charge is 0.440 e. The topological polar surface area (TPSA) is 51.8 Å². The first-order valence-corrected chi connectivity index (χ1v) is 7.80. The smallest absolute Gasteiger partial charge is 0.247 e. The molecule has 2 heterocycles. The average Bonchev–Trinajstić information content (AvgIpc) is 2.87. The first-order valence-electron chi connectivity index (χ1n) is 7.80. The van der Waals surface area contributed by atoms with Gasteiger partial charge in [-0.25, -0.2) is 14.4 Å². The Morgan fingerprint density at radius 2 is 2.17 bits per heavy atom. The fourth-order valence-corrected chi connectivity index (χ4v) is 3.15. The maximum atomic E-state index is 13.5. The van der Waals surface area contributed by atoms with Gasteiger partial charge in [0, 0.05) is 25.2 Å². The van der Waals surface area contributed by atoms with Crippen LogP contribution in [-0.4, -0.2) is 15.0 Å². The van der Waals surface area contributed by atoms with Crippen LogP contribution in [0.1, 0.15) is 35.8 Å². The third-order valence-corrected chi connectivity index (χ3v) is 4.28. The molecule has 0 amide bonds. The normalized spacial score (nSPS) is 17.5. The SMILES string of the molecule is Fc1cccc(C2CCCc3oc(-c4cnccn4)nc3C2)c1. The van der Waals surface area contributed by atoms with Crippen LogP contribution in [0.3, 0.4) is 0 Å². The average molecular weight is 309 g/mol. The number of fused-ring (bicyclic) bond motifs is 1. The van der Waals surface area contributed by atoms with Crippen LogP contribution in [0, 0.1) is 5.82 Å². The number of aromatic nitrogens is 3. The van der Waals surface area contributed by atoms with E-state index in [4.69, 9.17) is 4.42 Å². The van der Waals surface area contributed by atoms with Crippen molar-refractivity contribution < 1.29 is 8.81 Å². The molecule has 2 aromatic heterocycles. The standard InChI is InChI=1S/C18H16FN3O/c19-14-5-1-3-12(9-14)13-4-2-6-17-15(10-13)22-18(23-17)16-11-20-7-8-21-16/h1,3,5,7-9,11,13H,2,4,6,10H2.